The number of ether oxygens (including phenoxy) is 1. The zero-order valence-electron chi connectivity index (χ0n) is 12.4. The van der Waals surface area contributed by atoms with E-state index in [-0.39, 0.29) is 11.5 Å². The maximum absolute atomic E-state index is 11.8. The Balaban J connectivity index is 1.95. The molecule has 0 saturated carbocycles. The second-order valence-electron chi connectivity index (χ2n) is 6.37. The number of rotatable bonds is 0. The minimum absolute atomic E-state index is 0.167. The molecule has 4 nitrogen and oxygen atoms in total. The van der Waals surface area contributed by atoms with E-state index in [0.717, 1.165) is 26.2 Å². The Kier molecular flexibility index (Phi) is 3.21. The van der Waals surface area contributed by atoms with Gasteiger partial charge in [0.05, 0.1) is 13.2 Å². The van der Waals surface area contributed by atoms with Crippen LogP contribution in [-0.2, 0) is 10.2 Å². The third-order valence-electron chi connectivity index (χ3n) is 4.57. The lowest BCUT2D eigenvalue weighted by Gasteiger charge is -2.49. The monoisotopic (exact) mass is 274 g/mol. The molecule has 1 aromatic carbocycles. The molecule has 0 aliphatic carbocycles. The average molecular weight is 274 g/mol. The minimum Gasteiger partial charge on any atom is -0.453 e. The van der Waals surface area contributed by atoms with E-state index in [1.807, 2.05) is 4.90 Å². The Morgan fingerprint density at radius 2 is 2.05 bits per heavy atom. The highest BCUT2D eigenvalue weighted by atomic mass is 16.5. The zero-order valence-corrected chi connectivity index (χ0v) is 12.4. The van der Waals surface area contributed by atoms with E-state index in [1.165, 1.54) is 18.2 Å². The predicted octanol–water partition coefficient (Wildman–Crippen LogP) is 2.40. The summed E-state index contributed by atoms with van der Waals surface area (Å²) in [5, 5.41) is 0. The first kappa shape index (κ1) is 13.4. The van der Waals surface area contributed by atoms with Crippen LogP contribution in [0.1, 0.15) is 31.0 Å². The molecule has 1 fully saturated rings. The summed E-state index contributed by atoms with van der Waals surface area (Å²) >= 11 is 0. The first-order valence-corrected chi connectivity index (χ1v) is 7.19. The van der Waals surface area contributed by atoms with E-state index in [4.69, 9.17) is 4.74 Å². The van der Waals surface area contributed by atoms with Crippen LogP contribution in [0.5, 0.6) is 0 Å². The van der Waals surface area contributed by atoms with Gasteiger partial charge in [0, 0.05) is 31.6 Å². The molecule has 1 unspecified atom stereocenters. The van der Waals surface area contributed by atoms with Gasteiger partial charge in [0.25, 0.3) is 0 Å². The van der Waals surface area contributed by atoms with Gasteiger partial charge in [0.1, 0.15) is 0 Å². The maximum atomic E-state index is 11.8. The summed E-state index contributed by atoms with van der Waals surface area (Å²) in [6.07, 6.45) is -0.216. The van der Waals surface area contributed by atoms with Crippen LogP contribution >= 0.6 is 0 Å². The molecule has 4 heteroatoms. The summed E-state index contributed by atoms with van der Waals surface area (Å²) in [5.74, 6) is 0. The Labute approximate surface area is 120 Å². The quantitative estimate of drug-likeness (QED) is 0.728. The van der Waals surface area contributed by atoms with Crippen molar-refractivity contribution in [3.05, 3.63) is 35.4 Å². The van der Waals surface area contributed by atoms with Crippen molar-refractivity contribution in [2.24, 2.45) is 0 Å². The smallest absolute Gasteiger partial charge is 0.409 e. The summed E-state index contributed by atoms with van der Waals surface area (Å²) in [5.41, 5.74) is 2.94. The highest BCUT2D eigenvalue weighted by Gasteiger charge is 2.41. The molecular formula is C16H22N2O2. The van der Waals surface area contributed by atoms with Crippen molar-refractivity contribution in [2.75, 3.05) is 33.3 Å². The molecular weight excluding hydrogens is 252 g/mol. The van der Waals surface area contributed by atoms with Gasteiger partial charge in [-0.15, -0.1) is 0 Å². The number of hydrogen-bond acceptors (Lipinski definition) is 3. The van der Waals surface area contributed by atoms with Crippen LogP contribution in [0.4, 0.5) is 4.79 Å². The molecule has 0 bridgehead atoms. The first-order valence-electron chi connectivity index (χ1n) is 7.19. The highest BCUT2D eigenvalue weighted by Crippen LogP contribution is 2.40. The highest BCUT2D eigenvalue weighted by molar-refractivity contribution is 5.67. The van der Waals surface area contributed by atoms with E-state index >= 15 is 0 Å². The Hall–Kier alpha value is -1.55. The lowest BCUT2D eigenvalue weighted by molar-refractivity contribution is 0.0407. The number of nitrogens with zero attached hydrogens (tertiary/aromatic N) is 2. The van der Waals surface area contributed by atoms with Gasteiger partial charge in [-0.05, 0) is 11.1 Å². The maximum Gasteiger partial charge on any atom is 0.409 e. The van der Waals surface area contributed by atoms with Crippen molar-refractivity contribution < 1.29 is 9.53 Å². The van der Waals surface area contributed by atoms with Gasteiger partial charge in [-0.2, -0.15) is 0 Å². The molecule has 108 valence electrons. The van der Waals surface area contributed by atoms with Crippen LogP contribution in [0.2, 0.25) is 0 Å². The van der Waals surface area contributed by atoms with Gasteiger partial charge >= 0.3 is 6.09 Å². The molecule has 2 heterocycles. The summed E-state index contributed by atoms with van der Waals surface area (Å²) in [6, 6.07) is 8.93. The largest absolute Gasteiger partial charge is 0.453 e. The first-order chi connectivity index (χ1) is 9.53. The van der Waals surface area contributed by atoms with Crippen molar-refractivity contribution >= 4 is 6.09 Å². The average Bonchev–Trinajstić information content (AvgIpc) is 2.46. The van der Waals surface area contributed by atoms with Crippen LogP contribution < -0.4 is 0 Å². The number of carbonyl (C=O) groups is 1. The second-order valence-corrected chi connectivity index (χ2v) is 6.37. The lowest BCUT2D eigenvalue weighted by Crippen LogP contribution is -2.55. The van der Waals surface area contributed by atoms with Crippen LogP contribution in [0.3, 0.4) is 0 Å². The molecule has 1 atom stereocenters. The van der Waals surface area contributed by atoms with Crippen molar-refractivity contribution in [3.63, 3.8) is 0 Å². The Morgan fingerprint density at radius 3 is 2.80 bits per heavy atom. The molecule has 0 N–H and O–H groups in total. The van der Waals surface area contributed by atoms with Crippen LogP contribution in [0, 0.1) is 0 Å². The lowest BCUT2D eigenvalue weighted by atomic mass is 9.75. The fourth-order valence-electron chi connectivity index (χ4n) is 3.60. The van der Waals surface area contributed by atoms with Gasteiger partial charge in [0.2, 0.25) is 0 Å². The van der Waals surface area contributed by atoms with Gasteiger partial charge in [-0.25, -0.2) is 4.79 Å². The topological polar surface area (TPSA) is 32.8 Å². The summed E-state index contributed by atoms with van der Waals surface area (Å²) in [6.45, 7) is 8.03. The molecule has 2 aliphatic rings. The summed E-state index contributed by atoms with van der Waals surface area (Å²) < 4.78 is 4.87. The standard InChI is InChI=1S/C16H22N2O2/c1-16(2)11-18-9-8-17(15(19)20-3)10-14(18)12-6-4-5-7-13(12)16/h4-7,14H,8-11H2,1-3H3. The van der Waals surface area contributed by atoms with Crippen molar-refractivity contribution in [1.29, 1.82) is 0 Å². The van der Waals surface area contributed by atoms with E-state index in [2.05, 4.69) is 43.0 Å². The molecule has 1 aromatic rings. The molecule has 0 spiro atoms. The van der Waals surface area contributed by atoms with Crippen molar-refractivity contribution in [3.8, 4) is 0 Å². The zero-order chi connectivity index (χ0) is 14.3. The van der Waals surface area contributed by atoms with E-state index in [1.54, 1.807) is 0 Å². The number of piperazine rings is 1. The normalized spacial score (nSPS) is 24.8. The molecule has 20 heavy (non-hydrogen) atoms. The number of methoxy groups -OCH3 is 1. The van der Waals surface area contributed by atoms with Gasteiger partial charge < -0.3 is 9.64 Å². The third-order valence-corrected chi connectivity index (χ3v) is 4.57. The fraction of sp³-hybridized carbons (Fsp3) is 0.562. The second kappa shape index (κ2) is 4.77. The van der Waals surface area contributed by atoms with Crippen LogP contribution in [0.25, 0.3) is 0 Å². The Morgan fingerprint density at radius 1 is 1.30 bits per heavy atom. The third kappa shape index (κ3) is 2.08. The van der Waals surface area contributed by atoms with E-state index in [0.29, 0.717) is 6.04 Å². The molecule has 0 radical (unpaired) electrons. The van der Waals surface area contributed by atoms with Crippen molar-refractivity contribution in [1.82, 2.24) is 9.80 Å². The molecule has 0 aromatic heterocycles. The SMILES string of the molecule is COC(=O)N1CCN2CC(C)(C)c3ccccc3C2C1. The summed E-state index contributed by atoms with van der Waals surface area (Å²) in [7, 11) is 1.45. The van der Waals surface area contributed by atoms with Crippen LogP contribution in [0.15, 0.2) is 24.3 Å². The molecule has 1 amide bonds. The van der Waals surface area contributed by atoms with Crippen molar-refractivity contribution in [2.45, 2.75) is 25.3 Å². The van der Waals surface area contributed by atoms with Gasteiger partial charge in [-0.3, -0.25) is 4.90 Å². The number of fused-ring (bicyclic) bond motifs is 3. The summed E-state index contributed by atoms with van der Waals surface area (Å²) in [4.78, 5) is 16.1. The number of carbonyl (C=O) groups excluding carboxylic acids is 1. The number of amides is 1. The van der Waals surface area contributed by atoms with E-state index < -0.39 is 0 Å². The van der Waals surface area contributed by atoms with Gasteiger partial charge in [0.15, 0.2) is 0 Å². The number of hydrogen-bond donors (Lipinski definition) is 0. The van der Waals surface area contributed by atoms with Gasteiger partial charge in [-0.1, -0.05) is 38.1 Å². The molecule has 1 saturated heterocycles. The fourth-order valence-corrected chi connectivity index (χ4v) is 3.60. The minimum atomic E-state index is -0.216. The van der Waals surface area contributed by atoms with E-state index in [9.17, 15) is 4.79 Å². The predicted molar refractivity (Wildman–Crippen MR) is 77.8 cm³/mol. The Bertz CT molecular complexity index is 527. The van der Waals surface area contributed by atoms with Crippen LogP contribution in [-0.4, -0.2) is 49.2 Å². The molecule has 3 rings (SSSR count). The number of benzene rings is 1. The molecule has 2 aliphatic heterocycles.